The van der Waals surface area contributed by atoms with Gasteiger partial charge in [0.15, 0.2) is 11.3 Å². The molecule has 0 atom stereocenters. The molecule has 62 valence electrons. The minimum Gasteiger partial charge on any atom is -0.476 e. The Morgan fingerprint density at radius 1 is 1.75 bits per heavy atom. The van der Waals surface area contributed by atoms with Crippen molar-refractivity contribution in [3.63, 3.8) is 0 Å². The molecule has 2 aromatic heterocycles. The molecular weight excluding hydrogens is 160 g/mol. The van der Waals surface area contributed by atoms with Crippen LogP contribution in [0.4, 0.5) is 5.69 Å². The maximum Gasteiger partial charge on any atom is 0.358 e. The molecule has 0 aliphatic heterocycles. The van der Waals surface area contributed by atoms with Gasteiger partial charge in [0.1, 0.15) is 5.69 Å². The standard InChI is InChI=1S/C6H6N4O2/c7-3-4(6(11)12)9-10-2-1-8-5(3)10/h1-2,8H,7H2,(H,11,12). The van der Waals surface area contributed by atoms with E-state index in [1.165, 1.54) is 4.52 Å². The van der Waals surface area contributed by atoms with Crippen LogP contribution in [-0.4, -0.2) is 25.7 Å². The number of fused-ring (bicyclic) bond motifs is 1. The quantitative estimate of drug-likeness (QED) is 0.553. The zero-order chi connectivity index (χ0) is 8.72. The number of aromatic amines is 1. The number of imidazole rings is 1. The van der Waals surface area contributed by atoms with Gasteiger partial charge in [-0.1, -0.05) is 0 Å². The monoisotopic (exact) mass is 166 g/mol. The van der Waals surface area contributed by atoms with Crippen LogP contribution in [-0.2, 0) is 0 Å². The lowest BCUT2D eigenvalue weighted by Crippen LogP contribution is -2.01. The van der Waals surface area contributed by atoms with Crippen LogP contribution < -0.4 is 5.73 Å². The van der Waals surface area contributed by atoms with Crippen molar-refractivity contribution in [1.82, 2.24) is 14.6 Å². The van der Waals surface area contributed by atoms with Gasteiger partial charge in [-0.2, -0.15) is 5.10 Å². The van der Waals surface area contributed by atoms with E-state index in [0.29, 0.717) is 5.65 Å². The number of carboxylic acids is 1. The Labute approximate surface area is 66.6 Å². The Morgan fingerprint density at radius 3 is 3.08 bits per heavy atom. The number of carboxylic acid groups (broad SMARTS) is 1. The maximum atomic E-state index is 10.5. The van der Waals surface area contributed by atoms with Crippen molar-refractivity contribution in [2.75, 3.05) is 5.73 Å². The van der Waals surface area contributed by atoms with Crippen LogP contribution in [0.1, 0.15) is 10.5 Å². The summed E-state index contributed by atoms with van der Waals surface area (Å²) in [4.78, 5) is 13.3. The van der Waals surface area contributed by atoms with Crippen molar-refractivity contribution >= 4 is 17.3 Å². The third-order valence-electron chi connectivity index (χ3n) is 1.59. The summed E-state index contributed by atoms with van der Waals surface area (Å²) in [6.07, 6.45) is 3.22. The highest BCUT2D eigenvalue weighted by atomic mass is 16.4. The fourth-order valence-electron chi connectivity index (χ4n) is 1.04. The van der Waals surface area contributed by atoms with Gasteiger partial charge in [0.2, 0.25) is 0 Å². The van der Waals surface area contributed by atoms with E-state index in [2.05, 4.69) is 10.1 Å². The highest BCUT2D eigenvalue weighted by Gasteiger charge is 2.15. The zero-order valence-corrected chi connectivity index (χ0v) is 5.98. The van der Waals surface area contributed by atoms with Crippen molar-refractivity contribution < 1.29 is 9.90 Å². The van der Waals surface area contributed by atoms with Crippen molar-refractivity contribution in [3.05, 3.63) is 18.1 Å². The van der Waals surface area contributed by atoms with Crippen LogP contribution in [0, 0.1) is 0 Å². The number of carbonyl (C=O) groups is 1. The third-order valence-corrected chi connectivity index (χ3v) is 1.59. The second-order valence-corrected chi connectivity index (χ2v) is 2.32. The highest BCUT2D eigenvalue weighted by Crippen LogP contribution is 2.15. The molecular formula is C6H6N4O2. The summed E-state index contributed by atoms with van der Waals surface area (Å²) >= 11 is 0. The number of hydrogen-bond acceptors (Lipinski definition) is 3. The van der Waals surface area contributed by atoms with E-state index in [9.17, 15) is 4.79 Å². The topological polar surface area (TPSA) is 96.4 Å². The summed E-state index contributed by atoms with van der Waals surface area (Å²) < 4.78 is 1.39. The Kier molecular flexibility index (Phi) is 1.12. The molecule has 12 heavy (non-hydrogen) atoms. The molecule has 0 bridgehead atoms. The number of nitrogens with two attached hydrogens (primary N) is 1. The number of nitrogen functional groups attached to an aromatic ring is 1. The largest absolute Gasteiger partial charge is 0.476 e. The number of rotatable bonds is 1. The first-order valence-corrected chi connectivity index (χ1v) is 3.24. The smallest absolute Gasteiger partial charge is 0.358 e. The van der Waals surface area contributed by atoms with Gasteiger partial charge in [0.25, 0.3) is 0 Å². The van der Waals surface area contributed by atoms with E-state index in [4.69, 9.17) is 10.8 Å². The van der Waals surface area contributed by atoms with Gasteiger partial charge in [-0.05, 0) is 0 Å². The maximum absolute atomic E-state index is 10.5. The van der Waals surface area contributed by atoms with Crippen molar-refractivity contribution in [1.29, 1.82) is 0 Å². The predicted octanol–water partition coefficient (Wildman–Crippen LogP) is -0.0572. The first kappa shape index (κ1) is 6.71. The van der Waals surface area contributed by atoms with E-state index in [0.717, 1.165) is 0 Å². The lowest BCUT2D eigenvalue weighted by Gasteiger charge is -1.86. The van der Waals surface area contributed by atoms with Gasteiger partial charge < -0.3 is 15.8 Å². The molecule has 2 rings (SSSR count). The molecule has 4 N–H and O–H groups in total. The average molecular weight is 166 g/mol. The SMILES string of the molecule is Nc1c(C(=O)O)nn2cc[nH]c12. The van der Waals surface area contributed by atoms with Crippen molar-refractivity contribution in [2.24, 2.45) is 0 Å². The second kappa shape index (κ2) is 2.00. The second-order valence-electron chi connectivity index (χ2n) is 2.32. The van der Waals surface area contributed by atoms with Crippen LogP contribution in [0.3, 0.4) is 0 Å². The van der Waals surface area contributed by atoms with Crippen molar-refractivity contribution in [2.45, 2.75) is 0 Å². The summed E-state index contributed by atoms with van der Waals surface area (Å²) in [7, 11) is 0. The van der Waals surface area contributed by atoms with Gasteiger partial charge in [-0.3, -0.25) is 0 Å². The molecule has 2 heterocycles. The molecule has 0 aliphatic carbocycles. The van der Waals surface area contributed by atoms with E-state index >= 15 is 0 Å². The average Bonchev–Trinajstić information content (AvgIpc) is 2.53. The van der Waals surface area contributed by atoms with Gasteiger partial charge >= 0.3 is 5.97 Å². The number of nitrogens with one attached hydrogen (secondary N) is 1. The summed E-state index contributed by atoms with van der Waals surface area (Å²) in [5.74, 6) is -1.12. The molecule has 0 aromatic carbocycles. The van der Waals surface area contributed by atoms with Crippen LogP contribution in [0.5, 0.6) is 0 Å². The Hall–Kier alpha value is -1.98. The van der Waals surface area contributed by atoms with Gasteiger partial charge in [-0.25, -0.2) is 9.31 Å². The normalized spacial score (nSPS) is 10.7. The van der Waals surface area contributed by atoms with Crippen LogP contribution >= 0.6 is 0 Å². The van der Waals surface area contributed by atoms with Gasteiger partial charge in [0.05, 0.1) is 0 Å². The van der Waals surface area contributed by atoms with Crippen LogP contribution in [0.15, 0.2) is 12.4 Å². The molecule has 0 radical (unpaired) electrons. The number of nitrogens with zero attached hydrogens (tertiary/aromatic N) is 2. The highest BCUT2D eigenvalue weighted by molar-refractivity contribution is 5.95. The van der Waals surface area contributed by atoms with E-state index in [-0.39, 0.29) is 11.4 Å². The molecule has 2 aromatic rings. The predicted molar refractivity (Wildman–Crippen MR) is 40.9 cm³/mol. The molecule has 0 amide bonds. The number of aromatic nitrogens is 3. The summed E-state index contributed by atoms with van der Waals surface area (Å²) in [6.45, 7) is 0. The molecule has 0 saturated carbocycles. The van der Waals surface area contributed by atoms with Gasteiger partial charge in [0, 0.05) is 12.4 Å². The molecule has 0 aliphatic rings. The molecule has 6 heteroatoms. The Morgan fingerprint density at radius 2 is 2.50 bits per heavy atom. The lowest BCUT2D eigenvalue weighted by atomic mass is 10.4. The summed E-state index contributed by atoms with van der Waals surface area (Å²) in [6, 6.07) is 0. The number of aromatic carboxylic acids is 1. The van der Waals surface area contributed by atoms with Crippen LogP contribution in [0.2, 0.25) is 0 Å². The number of H-pyrrole nitrogens is 1. The Balaban J connectivity index is 2.78. The lowest BCUT2D eigenvalue weighted by molar-refractivity contribution is 0.0691. The fraction of sp³-hybridized carbons (Fsp3) is 0. The van der Waals surface area contributed by atoms with Crippen LogP contribution in [0.25, 0.3) is 5.65 Å². The summed E-state index contributed by atoms with van der Waals surface area (Å²) in [5.41, 5.74) is 6.03. The first-order valence-electron chi connectivity index (χ1n) is 3.24. The van der Waals surface area contributed by atoms with E-state index < -0.39 is 5.97 Å². The third kappa shape index (κ3) is 0.685. The molecule has 0 unspecified atom stereocenters. The molecule has 0 saturated heterocycles. The minimum atomic E-state index is -1.12. The molecule has 0 fully saturated rings. The molecule has 6 nitrogen and oxygen atoms in total. The fourth-order valence-corrected chi connectivity index (χ4v) is 1.04. The number of hydrogen-bond donors (Lipinski definition) is 3. The summed E-state index contributed by atoms with van der Waals surface area (Å²) in [5, 5.41) is 12.3. The van der Waals surface area contributed by atoms with E-state index in [1.54, 1.807) is 12.4 Å². The molecule has 0 spiro atoms. The Bertz CT molecular complexity index is 441. The van der Waals surface area contributed by atoms with E-state index in [1.807, 2.05) is 0 Å². The van der Waals surface area contributed by atoms with Gasteiger partial charge in [-0.15, -0.1) is 0 Å². The first-order chi connectivity index (χ1) is 5.70. The number of anilines is 1. The van der Waals surface area contributed by atoms with Crippen molar-refractivity contribution in [3.8, 4) is 0 Å². The minimum absolute atomic E-state index is 0.123. The zero-order valence-electron chi connectivity index (χ0n) is 5.98.